The minimum atomic E-state index is 0. The van der Waals surface area contributed by atoms with Gasteiger partial charge in [-0.05, 0) is 18.6 Å². The highest BCUT2D eigenvalue weighted by Crippen LogP contribution is 2.44. The minimum Gasteiger partial charge on any atom is -0.493 e. The first kappa shape index (κ1) is 22.1. The highest BCUT2D eigenvalue weighted by molar-refractivity contribution is 5.85. The lowest BCUT2D eigenvalue weighted by Crippen LogP contribution is -2.45. The van der Waals surface area contributed by atoms with Crippen molar-refractivity contribution in [3.05, 3.63) is 17.7 Å². The summed E-state index contributed by atoms with van der Waals surface area (Å²) in [4.78, 5) is 2.50. The third kappa shape index (κ3) is 4.80. The van der Waals surface area contributed by atoms with Crippen LogP contribution in [-0.2, 0) is 0 Å². The van der Waals surface area contributed by atoms with Crippen molar-refractivity contribution in [1.29, 1.82) is 0 Å². The number of halogens is 2. The topological polar surface area (TPSA) is 43.0 Å². The van der Waals surface area contributed by atoms with Crippen LogP contribution < -0.4 is 19.5 Å². The van der Waals surface area contributed by atoms with Crippen LogP contribution in [0.3, 0.4) is 0 Å². The van der Waals surface area contributed by atoms with E-state index in [4.69, 9.17) is 14.2 Å². The molecule has 1 aromatic rings. The van der Waals surface area contributed by atoms with E-state index in [9.17, 15) is 0 Å². The minimum absolute atomic E-state index is 0. The lowest BCUT2D eigenvalue weighted by atomic mass is 10.00. The van der Waals surface area contributed by atoms with Gasteiger partial charge >= 0.3 is 0 Å². The number of piperazine rings is 1. The monoisotopic (exact) mass is 366 g/mol. The van der Waals surface area contributed by atoms with Gasteiger partial charge in [-0.1, -0.05) is 6.92 Å². The third-order valence-corrected chi connectivity index (χ3v) is 4.07. The van der Waals surface area contributed by atoms with Crippen molar-refractivity contribution in [3.8, 4) is 17.2 Å². The molecule has 0 radical (unpaired) electrons. The lowest BCUT2D eigenvalue weighted by Gasteiger charge is -2.35. The van der Waals surface area contributed by atoms with Crippen molar-refractivity contribution < 1.29 is 14.2 Å². The van der Waals surface area contributed by atoms with Crippen molar-refractivity contribution in [2.24, 2.45) is 0 Å². The number of hydrogen-bond acceptors (Lipinski definition) is 5. The molecular formula is C16H28Cl2N2O3. The molecule has 1 aliphatic heterocycles. The quantitative estimate of drug-likeness (QED) is 0.838. The van der Waals surface area contributed by atoms with Crippen molar-refractivity contribution in [1.82, 2.24) is 10.2 Å². The molecule has 1 atom stereocenters. The predicted octanol–water partition coefficient (Wildman–Crippen LogP) is 2.91. The number of rotatable bonds is 6. The molecule has 7 heteroatoms. The normalized spacial score (nSPS) is 15.8. The summed E-state index contributed by atoms with van der Waals surface area (Å²) in [5, 5.41) is 3.40. The molecular weight excluding hydrogens is 339 g/mol. The van der Waals surface area contributed by atoms with E-state index >= 15 is 0 Å². The molecule has 5 nitrogen and oxygen atoms in total. The largest absolute Gasteiger partial charge is 0.493 e. The zero-order chi connectivity index (χ0) is 15.2. The van der Waals surface area contributed by atoms with Crippen LogP contribution in [0.2, 0.25) is 0 Å². The number of hydrogen-bond donors (Lipinski definition) is 1. The second-order valence-electron chi connectivity index (χ2n) is 5.13. The van der Waals surface area contributed by atoms with Gasteiger partial charge in [0.1, 0.15) is 0 Å². The van der Waals surface area contributed by atoms with Gasteiger partial charge in [0, 0.05) is 37.8 Å². The van der Waals surface area contributed by atoms with E-state index in [0.29, 0.717) is 17.5 Å². The Morgan fingerprint density at radius 1 is 1.00 bits per heavy atom. The molecule has 1 aromatic carbocycles. The maximum absolute atomic E-state index is 5.64. The average Bonchev–Trinajstić information content (AvgIpc) is 2.55. The zero-order valence-electron chi connectivity index (χ0n) is 14.3. The Balaban J connectivity index is 0.00000242. The number of ether oxygens (including phenoxy) is 3. The SMILES string of the molecule is CC[C@H](c1ccc(OC)c(OC)c1OC)N1CCNCC1.Cl.Cl. The molecule has 0 aliphatic carbocycles. The van der Waals surface area contributed by atoms with Gasteiger partial charge in [-0.2, -0.15) is 0 Å². The fraction of sp³-hybridized carbons (Fsp3) is 0.625. The van der Waals surface area contributed by atoms with Gasteiger partial charge in [0.15, 0.2) is 11.5 Å². The molecule has 1 fully saturated rings. The molecule has 134 valence electrons. The van der Waals surface area contributed by atoms with E-state index in [1.54, 1.807) is 21.3 Å². The molecule has 0 amide bonds. The van der Waals surface area contributed by atoms with Crippen LogP contribution in [0.15, 0.2) is 12.1 Å². The third-order valence-electron chi connectivity index (χ3n) is 4.07. The molecule has 1 saturated heterocycles. The summed E-state index contributed by atoms with van der Waals surface area (Å²) in [6.45, 7) is 6.38. The summed E-state index contributed by atoms with van der Waals surface area (Å²) < 4.78 is 16.5. The predicted molar refractivity (Wildman–Crippen MR) is 98.1 cm³/mol. The summed E-state index contributed by atoms with van der Waals surface area (Å²) in [5.74, 6) is 2.15. The lowest BCUT2D eigenvalue weighted by molar-refractivity contribution is 0.165. The molecule has 0 saturated carbocycles. The van der Waals surface area contributed by atoms with Gasteiger partial charge in [0.25, 0.3) is 0 Å². The standard InChI is InChI=1S/C16H26N2O3.2ClH/c1-5-13(18-10-8-17-9-11-18)12-6-7-14(19-2)16(21-4)15(12)20-3;;/h6-7,13,17H,5,8-11H2,1-4H3;2*1H/t13-;;/m1../s1. The van der Waals surface area contributed by atoms with Crippen LogP contribution in [0, 0.1) is 0 Å². The van der Waals surface area contributed by atoms with E-state index in [-0.39, 0.29) is 24.8 Å². The first-order valence-corrected chi connectivity index (χ1v) is 7.50. The molecule has 0 aromatic heterocycles. The summed E-state index contributed by atoms with van der Waals surface area (Å²) >= 11 is 0. The van der Waals surface area contributed by atoms with Crippen molar-refractivity contribution in [3.63, 3.8) is 0 Å². The van der Waals surface area contributed by atoms with Gasteiger partial charge in [0.05, 0.1) is 21.3 Å². The number of methoxy groups -OCH3 is 3. The summed E-state index contributed by atoms with van der Waals surface area (Å²) in [6.07, 6.45) is 1.03. The van der Waals surface area contributed by atoms with Crippen LogP contribution >= 0.6 is 24.8 Å². The Hall–Kier alpha value is -0.880. The van der Waals surface area contributed by atoms with E-state index < -0.39 is 0 Å². The Bertz CT molecular complexity index is 469. The molecule has 0 bridgehead atoms. The Morgan fingerprint density at radius 2 is 1.61 bits per heavy atom. The Morgan fingerprint density at radius 3 is 2.09 bits per heavy atom. The van der Waals surface area contributed by atoms with Crippen molar-refractivity contribution >= 4 is 24.8 Å². The van der Waals surface area contributed by atoms with E-state index in [1.165, 1.54) is 5.56 Å². The van der Waals surface area contributed by atoms with E-state index in [0.717, 1.165) is 38.3 Å². The van der Waals surface area contributed by atoms with Crippen LogP contribution in [0.1, 0.15) is 24.9 Å². The van der Waals surface area contributed by atoms with Gasteiger partial charge in [0.2, 0.25) is 5.75 Å². The fourth-order valence-electron chi connectivity index (χ4n) is 3.06. The second-order valence-corrected chi connectivity index (χ2v) is 5.13. The Labute approximate surface area is 151 Å². The molecule has 1 N–H and O–H groups in total. The molecule has 1 heterocycles. The maximum atomic E-state index is 5.64. The van der Waals surface area contributed by atoms with Gasteiger partial charge in [-0.15, -0.1) is 24.8 Å². The molecule has 23 heavy (non-hydrogen) atoms. The maximum Gasteiger partial charge on any atom is 0.203 e. The van der Waals surface area contributed by atoms with Gasteiger partial charge in [-0.25, -0.2) is 0 Å². The summed E-state index contributed by atoms with van der Waals surface area (Å²) in [5.41, 5.74) is 1.17. The Kier molecular flexibility index (Phi) is 10.4. The van der Waals surface area contributed by atoms with Crippen LogP contribution in [0.25, 0.3) is 0 Å². The second kappa shape index (κ2) is 10.8. The van der Waals surface area contributed by atoms with Crippen molar-refractivity contribution in [2.75, 3.05) is 47.5 Å². The first-order valence-electron chi connectivity index (χ1n) is 7.50. The van der Waals surface area contributed by atoms with E-state index in [1.807, 2.05) is 6.07 Å². The van der Waals surface area contributed by atoms with Crippen LogP contribution in [0.4, 0.5) is 0 Å². The first-order chi connectivity index (χ1) is 10.3. The van der Waals surface area contributed by atoms with Gasteiger partial charge in [-0.3, -0.25) is 4.90 Å². The highest BCUT2D eigenvalue weighted by atomic mass is 35.5. The molecule has 1 aliphatic rings. The zero-order valence-corrected chi connectivity index (χ0v) is 15.9. The molecule has 2 rings (SSSR count). The molecule has 0 unspecified atom stereocenters. The smallest absolute Gasteiger partial charge is 0.203 e. The van der Waals surface area contributed by atoms with Crippen LogP contribution in [-0.4, -0.2) is 52.4 Å². The highest BCUT2D eigenvalue weighted by Gasteiger charge is 2.26. The van der Waals surface area contributed by atoms with Gasteiger partial charge < -0.3 is 19.5 Å². The van der Waals surface area contributed by atoms with E-state index in [2.05, 4.69) is 23.2 Å². The average molecular weight is 367 g/mol. The van der Waals surface area contributed by atoms with Crippen molar-refractivity contribution in [2.45, 2.75) is 19.4 Å². The number of benzene rings is 1. The number of nitrogens with zero attached hydrogens (tertiary/aromatic N) is 1. The summed E-state index contributed by atoms with van der Waals surface area (Å²) in [6, 6.07) is 4.39. The molecule has 0 spiro atoms. The number of nitrogens with one attached hydrogen (secondary N) is 1. The fourth-order valence-corrected chi connectivity index (χ4v) is 3.06. The van der Waals surface area contributed by atoms with Crippen LogP contribution in [0.5, 0.6) is 17.2 Å². The summed E-state index contributed by atoms with van der Waals surface area (Å²) in [7, 11) is 4.98.